The third-order valence-corrected chi connectivity index (χ3v) is 2.33. The molecule has 14 heavy (non-hydrogen) atoms. The largest absolute Gasteiger partial charge is 0.313 e. The van der Waals surface area contributed by atoms with E-state index in [0.717, 1.165) is 11.1 Å². The molecular formula is C12H16FN. The molecule has 0 aliphatic carbocycles. The van der Waals surface area contributed by atoms with E-state index in [0.29, 0.717) is 6.42 Å². The Morgan fingerprint density at radius 2 is 2.14 bits per heavy atom. The molecule has 0 aliphatic heterocycles. The molecule has 0 bridgehead atoms. The van der Waals surface area contributed by atoms with Crippen LogP contribution in [-0.4, -0.2) is 13.1 Å². The quantitative estimate of drug-likeness (QED) is 0.724. The van der Waals surface area contributed by atoms with Crippen molar-refractivity contribution in [2.75, 3.05) is 7.05 Å². The Hall–Kier alpha value is -1.15. The minimum Gasteiger partial charge on any atom is -0.313 e. The average molecular weight is 193 g/mol. The predicted molar refractivity (Wildman–Crippen MR) is 57.8 cm³/mol. The Labute approximate surface area is 84.6 Å². The van der Waals surface area contributed by atoms with Crippen LogP contribution in [0.25, 0.3) is 0 Å². The summed E-state index contributed by atoms with van der Waals surface area (Å²) in [6.45, 7) is 5.81. The number of likely N-dealkylation sites (N-methyl/N-ethyl adjacent to an activating group) is 1. The molecule has 76 valence electrons. The number of hydrogen-bond acceptors (Lipinski definition) is 1. The van der Waals surface area contributed by atoms with Crippen LogP contribution in [0.15, 0.2) is 36.4 Å². The van der Waals surface area contributed by atoms with E-state index in [9.17, 15) is 4.39 Å². The first-order valence-electron chi connectivity index (χ1n) is 4.71. The fourth-order valence-electron chi connectivity index (χ4n) is 1.41. The summed E-state index contributed by atoms with van der Waals surface area (Å²) in [7, 11) is 1.86. The van der Waals surface area contributed by atoms with Gasteiger partial charge in [-0.25, -0.2) is 4.39 Å². The van der Waals surface area contributed by atoms with Crippen LogP contribution in [0.3, 0.4) is 0 Å². The van der Waals surface area contributed by atoms with Crippen molar-refractivity contribution in [3.63, 3.8) is 0 Å². The first-order chi connectivity index (χ1) is 6.65. The molecule has 0 amide bonds. The summed E-state index contributed by atoms with van der Waals surface area (Å²) in [6.07, 6.45) is 0.651. The molecule has 0 saturated heterocycles. The van der Waals surface area contributed by atoms with E-state index in [2.05, 4.69) is 11.9 Å². The molecule has 0 spiro atoms. The van der Waals surface area contributed by atoms with Crippen molar-refractivity contribution < 1.29 is 4.39 Å². The van der Waals surface area contributed by atoms with Gasteiger partial charge >= 0.3 is 0 Å². The van der Waals surface area contributed by atoms with Crippen molar-refractivity contribution in [2.24, 2.45) is 0 Å². The van der Waals surface area contributed by atoms with Crippen molar-refractivity contribution in [1.29, 1.82) is 0 Å². The summed E-state index contributed by atoms with van der Waals surface area (Å²) in [4.78, 5) is 0. The van der Waals surface area contributed by atoms with Crippen molar-refractivity contribution >= 4 is 0 Å². The molecule has 1 atom stereocenters. The predicted octanol–water partition coefficient (Wildman–Crippen LogP) is 2.53. The second kappa shape index (κ2) is 4.91. The maximum atomic E-state index is 13.3. The van der Waals surface area contributed by atoms with Gasteiger partial charge in [0.2, 0.25) is 0 Å². The number of benzene rings is 1. The van der Waals surface area contributed by atoms with Gasteiger partial charge in [0.15, 0.2) is 0 Å². The number of halogens is 1. The van der Waals surface area contributed by atoms with E-state index >= 15 is 0 Å². The van der Waals surface area contributed by atoms with Crippen molar-refractivity contribution in [3.05, 3.63) is 47.8 Å². The molecule has 0 saturated carbocycles. The Bertz CT molecular complexity index is 320. The Kier molecular flexibility index (Phi) is 3.84. The zero-order chi connectivity index (χ0) is 10.6. The molecule has 0 aromatic heterocycles. The Balaban J connectivity index is 2.77. The van der Waals surface area contributed by atoms with Crippen LogP contribution < -0.4 is 5.32 Å². The molecule has 1 nitrogen and oxygen atoms in total. The molecule has 0 fully saturated rings. The highest BCUT2D eigenvalue weighted by atomic mass is 19.1. The van der Waals surface area contributed by atoms with Crippen LogP contribution >= 0.6 is 0 Å². The van der Waals surface area contributed by atoms with Gasteiger partial charge in [0.05, 0.1) is 0 Å². The van der Waals surface area contributed by atoms with Gasteiger partial charge in [0.1, 0.15) is 5.82 Å². The molecule has 1 rings (SSSR count). The third kappa shape index (κ3) is 2.67. The summed E-state index contributed by atoms with van der Waals surface area (Å²) >= 11 is 0. The van der Waals surface area contributed by atoms with Crippen LogP contribution in [0, 0.1) is 5.82 Å². The van der Waals surface area contributed by atoms with E-state index in [1.54, 1.807) is 6.07 Å². The van der Waals surface area contributed by atoms with Gasteiger partial charge in [-0.15, -0.1) is 0 Å². The highest BCUT2D eigenvalue weighted by Gasteiger charge is 2.09. The first-order valence-corrected chi connectivity index (χ1v) is 4.71. The summed E-state index contributed by atoms with van der Waals surface area (Å²) in [5.74, 6) is -0.144. The normalized spacial score (nSPS) is 12.5. The minimum atomic E-state index is -0.144. The molecule has 1 aromatic rings. The van der Waals surface area contributed by atoms with Gasteiger partial charge in [-0.05, 0) is 32.0 Å². The van der Waals surface area contributed by atoms with Crippen molar-refractivity contribution in [1.82, 2.24) is 5.32 Å². The van der Waals surface area contributed by atoms with E-state index in [4.69, 9.17) is 0 Å². The molecule has 0 radical (unpaired) electrons. The second-order valence-corrected chi connectivity index (χ2v) is 3.48. The van der Waals surface area contributed by atoms with Gasteiger partial charge in [-0.1, -0.05) is 30.4 Å². The maximum Gasteiger partial charge on any atom is 0.126 e. The monoisotopic (exact) mass is 193 g/mol. The molecule has 1 N–H and O–H groups in total. The highest BCUT2D eigenvalue weighted by Crippen LogP contribution is 2.11. The Morgan fingerprint density at radius 3 is 2.64 bits per heavy atom. The molecule has 1 aromatic carbocycles. The molecular weight excluding hydrogens is 177 g/mol. The molecule has 1 unspecified atom stereocenters. The zero-order valence-corrected chi connectivity index (χ0v) is 8.68. The Morgan fingerprint density at radius 1 is 1.50 bits per heavy atom. The van der Waals surface area contributed by atoms with Gasteiger partial charge in [0.25, 0.3) is 0 Å². The van der Waals surface area contributed by atoms with Gasteiger partial charge in [-0.2, -0.15) is 0 Å². The summed E-state index contributed by atoms with van der Waals surface area (Å²) in [6, 6.07) is 6.99. The average Bonchev–Trinajstić information content (AvgIpc) is 2.16. The lowest BCUT2D eigenvalue weighted by atomic mass is 10.0. The number of rotatable bonds is 4. The summed E-state index contributed by atoms with van der Waals surface area (Å²) in [5.41, 5.74) is 1.76. The maximum absolute atomic E-state index is 13.3. The number of nitrogens with one attached hydrogen (secondary N) is 1. The standard InChI is InChI=1S/C12H16FN/c1-9(2)12(14-3)8-10-6-4-5-7-11(10)13/h4-7,12,14H,1,8H2,2-3H3. The zero-order valence-electron chi connectivity index (χ0n) is 8.68. The fourth-order valence-corrected chi connectivity index (χ4v) is 1.41. The van der Waals surface area contributed by atoms with Crippen molar-refractivity contribution in [2.45, 2.75) is 19.4 Å². The topological polar surface area (TPSA) is 12.0 Å². The summed E-state index contributed by atoms with van der Waals surface area (Å²) in [5, 5.41) is 3.11. The van der Waals surface area contributed by atoms with E-state index < -0.39 is 0 Å². The van der Waals surface area contributed by atoms with Crippen LogP contribution in [-0.2, 0) is 6.42 Å². The van der Waals surface area contributed by atoms with E-state index in [1.165, 1.54) is 6.07 Å². The lowest BCUT2D eigenvalue weighted by Crippen LogP contribution is -2.28. The molecule has 2 heteroatoms. The third-order valence-electron chi connectivity index (χ3n) is 2.33. The van der Waals surface area contributed by atoms with Crippen LogP contribution in [0.2, 0.25) is 0 Å². The highest BCUT2D eigenvalue weighted by molar-refractivity contribution is 5.21. The SMILES string of the molecule is C=C(C)C(Cc1ccccc1F)NC. The smallest absolute Gasteiger partial charge is 0.126 e. The lowest BCUT2D eigenvalue weighted by Gasteiger charge is -2.16. The molecule has 0 aliphatic rings. The van der Waals surface area contributed by atoms with Gasteiger partial charge < -0.3 is 5.32 Å². The fraction of sp³-hybridized carbons (Fsp3) is 0.333. The van der Waals surface area contributed by atoms with Gasteiger partial charge in [-0.3, -0.25) is 0 Å². The lowest BCUT2D eigenvalue weighted by molar-refractivity contribution is 0.576. The van der Waals surface area contributed by atoms with E-state index in [1.807, 2.05) is 26.1 Å². The summed E-state index contributed by atoms with van der Waals surface area (Å²) < 4.78 is 13.3. The molecule has 0 heterocycles. The van der Waals surface area contributed by atoms with Gasteiger partial charge in [0, 0.05) is 6.04 Å². The van der Waals surface area contributed by atoms with Crippen LogP contribution in [0.1, 0.15) is 12.5 Å². The second-order valence-electron chi connectivity index (χ2n) is 3.48. The number of hydrogen-bond donors (Lipinski definition) is 1. The first kappa shape index (κ1) is 10.9. The van der Waals surface area contributed by atoms with E-state index in [-0.39, 0.29) is 11.9 Å². The van der Waals surface area contributed by atoms with Crippen LogP contribution in [0.5, 0.6) is 0 Å². The minimum absolute atomic E-state index is 0.144. The van der Waals surface area contributed by atoms with Crippen molar-refractivity contribution in [3.8, 4) is 0 Å². The van der Waals surface area contributed by atoms with Crippen LogP contribution in [0.4, 0.5) is 4.39 Å².